The van der Waals surface area contributed by atoms with E-state index in [1.807, 2.05) is 22.9 Å². The Labute approximate surface area is 164 Å². The SMILES string of the molecule is O=C1CCc2cc(OCCCCc3nn[nH][n+]3C3CCC[C@H](O)C3)ccc2N1. The van der Waals surface area contributed by atoms with Crippen molar-refractivity contribution in [2.75, 3.05) is 11.9 Å². The molecular formula is C20H28N5O3+. The number of carbonyl (C=O) groups excluding carboxylic acids is 1. The molecule has 2 atom stereocenters. The molecule has 1 aliphatic heterocycles. The van der Waals surface area contributed by atoms with Crippen LogP contribution in [0.2, 0.25) is 0 Å². The Morgan fingerprint density at radius 1 is 1.25 bits per heavy atom. The third-order valence-corrected chi connectivity index (χ3v) is 5.62. The maximum atomic E-state index is 11.4. The van der Waals surface area contributed by atoms with Crippen molar-refractivity contribution in [3.63, 3.8) is 0 Å². The molecule has 1 aliphatic carbocycles. The summed E-state index contributed by atoms with van der Waals surface area (Å²) >= 11 is 0. The molecule has 28 heavy (non-hydrogen) atoms. The molecule has 3 N–H and O–H groups in total. The van der Waals surface area contributed by atoms with Gasteiger partial charge in [0.05, 0.1) is 12.7 Å². The zero-order valence-electron chi connectivity index (χ0n) is 16.1. The van der Waals surface area contributed by atoms with Gasteiger partial charge in [0.15, 0.2) is 5.21 Å². The molecule has 0 bridgehead atoms. The number of benzene rings is 1. The first-order valence-electron chi connectivity index (χ1n) is 10.2. The molecule has 0 saturated heterocycles. The third kappa shape index (κ3) is 4.49. The van der Waals surface area contributed by atoms with E-state index in [4.69, 9.17) is 4.74 Å². The lowest BCUT2D eigenvalue weighted by molar-refractivity contribution is -0.787. The van der Waals surface area contributed by atoms with Gasteiger partial charge in [-0.15, -0.1) is 0 Å². The van der Waals surface area contributed by atoms with Crippen molar-refractivity contribution >= 4 is 11.6 Å². The normalized spacial score (nSPS) is 21.8. The number of rotatable bonds is 7. The average molecular weight is 386 g/mol. The summed E-state index contributed by atoms with van der Waals surface area (Å²) in [6.07, 6.45) is 7.55. The van der Waals surface area contributed by atoms with E-state index in [1.54, 1.807) is 0 Å². The van der Waals surface area contributed by atoms with Gasteiger partial charge in [-0.25, -0.2) is 0 Å². The number of hydrogen-bond acceptors (Lipinski definition) is 5. The minimum atomic E-state index is -0.222. The highest BCUT2D eigenvalue weighted by Crippen LogP contribution is 2.27. The summed E-state index contributed by atoms with van der Waals surface area (Å²) in [6, 6.07) is 6.11. The van der Waals surface area contributed by atoms with Gasteiger partial charge in [0.2, 0.25) is 5.91 Å². The minimum absolute atomic E-state index is 0.0778. The molecule has 2 heterocycles. The van der Waals surface area contributed by atoms with Crippen molar-refractivity contribution in [1.82, 2.24) is 15.5 Å². The molecule has 1 unspecified atom stereocenters. The molecule has 1 fully saturated rings. The largest absolute Gasteiger partial charge is 0.494 e. The fourth-order valence-corrected chi connectivity index (χ4v) is 4.10. The van der Waals surface area contributed by atoms with Crippen LogP contribution in [0, 0.1) is 0 Å². The van der Waals surface area contributed by atoms with Crippen LogP contribution in [0.15, 0.2) is 18.2 Å². The molecular weight excluding hydrogens is 358 g/mol. The van der Waals surface area contributed by atoms with Crippen molar-refractivity contribution in [2.24, 2.45) is 0 Å². The molecule has 150 valence electrons. The Morgan fingerprint density at radius 2 is 2.18 bits per heavy atom. The van der Waals surface area contributed by atoms with Crippen LogP contribution in [0.3, 0.4) is 0 Å². The fraction of sp³-hybridized carbons (Fsp3) is 0.600. The Morgan fingerprint density at radius 3 is 3.07 bits per heavy atom. The van der Waals surface area contributed by atoms with Crippen LogP contribution in [-0.2, 0) is 17.6 Å². The van der Waals surface area contributed by atoms with Gasteiger partial charge < -0.3 is 15.2 Å². The van der Waals surface area contributed by atoms with Crippen molar-refractivity contribution in [3.8, 4) is 5.75 Å². The first-order valence-corrected chi connectivity index (χ1v) is 10.2. The summed E-state index contributed by atoms with van der Waals surface area (Å²) < 4.78 is 7.91. The maximum absolute atomic E-state index is 11.4. The highest BCUT2D eigenvalue weighted by Gasteiger charge is 2.28. The van der Waals surface area contributed by atoms with E-state index < -0.39 is 0 Å². The van der Waals surface area contributed by atoms with Gasteiger partial charge >= 0.3 is 5.82 Å². The number of aryl methyl sites for hydroxylation is 2. The van der Waals surface area contributed by atoms with E-state index in [-0.39, 0.29) is 18.1 Å². The minimum Gasteiger partial charge on any atom is -0.494 e. The van der Waals surface area contributed by atoms with Crippen molar-refractivity contribution in [1.29, 1.82) is 0 Å². The molecule has 1 aromatic heterocycles. The summed E-state index contributed by atoms with van der Waals surface area (Å²) in [5.41, 5.74) is 2.03. The van der Waals surface area contributed by atoms with Crippen LogP contribution in [0.4, 0.5) is 5.69 Å². The van der Waals surface area contributed by atoms with Crippen LogP contribution >= 0.6 is 0 Å². The molecule has 2 aromatic rings. The number of tetrazole rings is 1. The van der Waals surface area contributed by atoms with Gasteiger partial charge in [-0.3, -0.25) is 4.79 Å². The first-order chi connectivity index (χ1) is 13.7. The Balaban J connectivity index is 1.23. The number of aliphatic hydroxyl groups is 1. The number of ether oxygens (including phenoxy) is 1. The summed E-state index contributed by atoms with van der Waals surface area (Å²) in [7, 11) is 0. The number of nitrogens with one attached hydrogen (secondary N) is 2. The standard InChI is InChI=1S/C20H27N5O3/c26-16-5-3-4-15(13-16)25-19(22-23-24-25)6-1-2-11-28-17-8-9-18-14(12-17)7-10-20(27)21-18/h8-9,12,15-16,26H,1-7,10-11,13H2,(H,21,27)/p+1/t15?,16-/m0/s1. The quantitative estimate of drug-likeness (QED) is 0.498. The summed E-state index contributed by atoms with van der Waals surface area (Å²) in [5, 5.41) is 24.0. The lowest BCUT2D eigenvalue weighted by Gasteiger charge is -2.23. The van der Waals surface area contributed by atoms with Crippen LogP contribution in [0.1, 0.15) is 62.4 Å². The number of amides is 1. The van der Waals surface area contributed by atoms with Gasteiger partial charge in [-0.1, -0.05) is 5.21 Å². The predicted octanol–water partition coefficient (Wildman–Crippen LogP) is 1.85. The molecule has 2 aliphatic rings. The van der Waals surface area contributed by atoms with E-state index in [0.717, 1.165) is 74.2 Å². The molecule has 0 spiro atoms. The first kappa shape index (κ1) is 18.9. The second-order valence-electron chi connectivity index (χ2n) is 7.73. The van der Waals surface area contributed by atoms with E-state index >= 15 is 0 Å². The Bertz CT molecular complexity index is 822. The van der Waals surface area contributed by atoms with E-state index in [1.165, 1.54) is 0 Å². The number of aliphatic hydroxyl groups excluding tert-OH is 1. The van der Waals surface area contributed by atoms with Crippen LogP contribution in [0.25, 0.3) is 0 Å². The number of anilines is 1. The zero-order valence-corrected chi connectivity index (χ0v) is 16.1. The van der Waals surface area contributed by atoms with Gasteiger partial charge in [-0.2, -0.15) is 4.68 Å². The van der Waals surface area contributed by atoms with Crippen molar-refractivity contribution in [2.45, 2.75) is 69.9 Å². The number of hydrogen-bond donors (Lipinski definition) is 3. The number of aromatic amines is 1. The summed E-state index contributed by atoms with van der Waals surface area (Å²) in [5.74, 6) is 1.88. The number of fused-ring (bicyclic) bond motifs is 1. The lowest BCUT2D eigenvalue weighted by Crippen LogP contribution is -2.47. The zero-order chi connectivity index (χ0) is 19.3. The predicted molar refractivity (Wildman–Crippen MR) is 102 cm³/mol. The topological polar surface area (TPSA) is 104 Å². The van der Waals surface area contributed by atoms with Gasteiger partial charge in [0, 0.05) is 24.9 Å². The number of aromatic nitrogens is 4. The summed E-state index contributed by atoms with van der Waals surface area (Å²) in [6.45, 7) is 0.644. The highest BCUT2D eigenvalue weighted by molar-refractivity contribution is 5.93. The Kier molecular flexibility index (Phi) is 5.85. The number of unbranched alkanes of at least 4 members (excludes halogenated alkanes) is 1. The van der Waals surface area contributed by atoms with Gasteiger partial charge in [0.25, 0.3) is 0 Å². The van der Waals surface area contributed by atoms with E-state index in [9.17, 15) is 9.90 Å². The highest BCUT2D eigenvalue weighted by atomic mass is 16.5. The van der Waals surface area contributed by atoms with E-state index in [2.05, 4.69) is 20.8 Å². The average Bonchev–Trinajstić information content (AvgIpc) is 3.16. The number of carbonyl (C=O) groups is 1. The second kappa shape index (κ2) is 8.68. The number of H-pyrrole nitrogens is 1. The monoisotopic (exact) mass is 386 g/mol. The van der Waals surface area contributed by atoms with Crippen LogP contribution < -0.4 is 14.7 Å². The van der Waals surface area contributed by atoms with Crippen LogP contribution in [-0.4, -0.2) is 39.3 Å². The second-order valence-corrected chi connectivity index (χ2v) is 7.73. The molecule has 0 radical (unpaired) electrons. The van der Waals surface area contributed by atoms with E-state index in [0.29, 0.717) is 13.0 Å². The fourth-order valence-electron chi connectivity index (χ4n) is 4.10. The van der Waals surface area contributed by atoms with Crippen LogP contribution in [0.5, 0.6) is 5.75 Å². The van der Waals surface area contributed by atoms with Gasteiger partial charge in [-0.05, 0) is 62.3 Å². The molecule has 1 aromatic carbocycles. The van der Waals surface area contributed by atoms with Gasteiger partial charge in [0.1, 0.15) is 16.9 Å². The van der Waals surface area contributed by atoms with Crippen molar-refractivity contribution < 1.29 is 19.3 Å². The smallest absolute Gasteiger partial charge is 0.300 e. The molecule has 4 rings (SSSR count). The maximum Gasteiger partial charge on any atom is 0.300 e. The van der Waals surface area contributed by atoms with Crippen molar-refractivity contribution in [3.05, 3.63) is 29.6 Å². The molecule has 8 heteroatoms. The molecule has 1 amide bonds. The summed E-state index contributed by atoms with van der Waals surface area (Å²) in [4.78, 5) is 11.4. The number of nitrogens with zero attached hydrogens (tertiary/aromatic N) is 3. The molecule has 1 saturated carbocycles. The lowest BCUT2D eigenvalue weighted by atomic mass is 9.93. The Hall–Kier alpha value is -2.48. The third-order valence-electron chi connectivity index (χ3n) is 5.62. The molecule has 8 nitrogen and oxygen atoms in total.